The van der Waals surface area contributed by atoms with Gasteiger partial charge in [0.25, 0.3) is 0 Å². The van der Waals surface area contributed by atoms with Crippen molar-refractivity contribution in [1.82, 2.24) is 24.2 Å². The first-order valence-electron chi connectivity index (χ1n) is 14.7. The summed E-state index contributed by atoms with van der Waals surface area (Å²) < 4.78 is 7.74. The highest BCUT2D eigenvalue weighted by Gasteiger charge is 2.32. The van der Waals surface area contributed by atoms with Crippen LogP contribution in [0.4, 0.5) is 5.82 Å². The fraction of sp³-hybridized carbons (Fsp3) is 0.455. The minimum Gasteiger partial charge on any atom is -0.497 e. The van der Waals surface area contributed by atoms with Gasteiger partial charge in [0.15, 0.2) is 0 Å². The summed E-state index contributed by atoms with van der Waals surface area (Å²) in [5.74, 6) is 2.13. The number of rotatable bonds is 8. The molecular weight excluding hydrogens is 496 g/mol. The SMILES string of the molecule is COc1ccc([C@H](C)N(Cc2cn3c(N4CCC(N(C)C)CC4)cccc3n2)[C@H]2CCCc3cccnc32)cc1. The van der Waals surface area contributed by atoms with Crippen molar-refractivity contribution in [3.05, 3.63) is 89.5 Å². The van der Waals surface area contributed by atoms with E-state index in [1.54, 1.807) is 7.11 Å². The Labute approximate surface area is 238 Å². The molecule has 3 aromatic heterocycles. The van der Waals surface area contributed by atoms with Gasteiger partial charge in [-0.1, -0.05) is 24.3 Å². The zero-order valence-electron chi connectivity index (χ0n) is 24.3. The van der Waals surface area contributed by atoms with Crippen molar-refractivity contribution in [3.8, 4) is 5.75 Å². The summed E-state index contributed by atoms with van der Waals surface area (Å²) in [5, 5.41) is 0. The zero-order chi connectivity index (χ0) is 27.6. The van der Waals surface area contributed by atoms with Crippen LogP contribution in [0.5, 0.6) is 5.75 Å². The minimum atomic E-state index is 0.193. The van der Waals surface area contributed by atoms with E-state index in [1.807, 2.05) is 6.20 Å². The Hall–Kier alpha value is -3.42. The predicted molar refractivity (Wildman–Crippen MR) is 161 cm³/mol. The fourth-order valence-corrected chi connectivity index (χ4v) is 6.68. The van der Waals surface area contributed by atoms with Gasteiger partial charge >= 0.3 is 0 Å². The Morgan fingerprint density at radius 3 is 2.55 bits per heavy atom. The molecule has 7 heteroatoms. The van der Waals surface area contributed by atoms with Gasteiger partial charge in [0.1, 0.15) is 17.2 Å². The molecule has 1 aliphatic heterocycles. The maximum Gasteiger partial charge on any atom is 0.138 e. The van der Waals surface area contributed by atoms with Crippen LogP contribution >= 0.6 is 0 Å². The Balaban J connectivity index is 1.32. The predicted octanol–water partition coefficient (Wildman–Crippen LogP) is 5.91. The number of imidazole rings is 1. The number of hydrogen-bond acceptors (Lipinski definition) is 6. The summed E-state index contributed by atoms with van der Waals surface area (Å²) in [6.07, 6.45) is 9.96. The van der Waals surface area contributed by atoms with Crippen LogP contribution < -0.4 is 9.64 Å². The Kier molecular flexibility index (Phi) is 7.76. The zero-order valence-corrected chi connectivity index (χ0v) is 24.3. The van der Waals surface area contributed by atoms with Gasteiger partial charge in [-0.05, 0) is 94.6 Å². The molecule has 0 unspecified atom stereocenters. The molecule has 4 aromatic rings. The van der Waals surface area contributed by atoms with Crippen LogP contribution in [0.1, 0.15) is 67.2 Å². The van der Waals surface area contributed by atoms with Crippen molar-refractivity contribution < 1.29 is 4.74 Å². The molecule has 0 spiro atoms. The third kappa shape index (κ3) is 5.32. The van der Waals surface area contributed by atoms with Gasteiger partial charge in [-0.25, -0.2) is 4.98 Å². The van der Waals surface area contributed by atoms with E-state index in [-0.39, 0.29) is 12.1 Å². The molecule has 1 fully saturated rings. The van der Waals surface area contributed by atoms with Crippen molar-refractivity contribution in [3.63, 3.8) is 0 Å². The largest absolute Gasteiger partial charge is 0.497 e. The highest BCUT2D eigenvalue weighted by molar-refractivity contribution is 5.53. The van der Waals surface area contributed by atoms with Gasteiger partial charge in [-0.3, -0.25) is 14.3 Å². The number of hydrogen-bond donors (Lipinski definition) is 0. The number of benzene rings is 1. The van der Waals surface area contributed by atoms with Gasteiger partial charge < -0.3 is 14.5 Å². The lowest BCUT2D eigenvalue weighted by atomic mass is 9.89. The van der Waals surface area contributed by atoms with Crippen LogP contribution in [0.25, 0.3) is 5.65 Å². The van der Waals surface area contributed by atoms with Crippen molar-refractivity contribution >= 4 is 11.5 Å². The Morgan fingerprint density at radius 1 is 1.00 bits per heavy atom. The molecule has 7 nitrogen and oxygen atoms in total. The van der Waals surface area contributed by atoms with Crippen molar-refractivity contribution in [2.24, 2.45) is 0 Å². The second kappa shape index (κ2) is 11.6. The first-order valence-corrected chi connectivity index (χ1v) is 14.7. The number of pyridine rings is 2. The topological polar surface area (TPSA) is 49.1 Å². The van der Waals surface area contributed by atoms with E-state index in [9.17, 15) is 0 Å². The number of aryl methyl sites for hydroxylation is 1. The number of ether oxygens (including phenoxy) is 1. The van der Waals surface area contributed by atoms with Crippen molar-refractivity contribution in [1.29, 1.82) is 0 Å². The number of aromatic nitrogens is 3. The van der Waals surface area contributed by atoms with Crippen LogP contribution in [-0.4, -0.2) is 64.5 Å². The van der Waals surface area contributed by atoms with Crippen LogP contribution in [0.2, 0.25) is 0 Å². The molecular formula is C33H42N6O. The Morgan fingerprint density at radius 2 is 1.80 bits per heavy atom. The molecule has 0 saturated carbocycles. The number of nitrogens with zero attached hydrogens (tertiary/aromatic N) is 6. The second-order valence-electron chi connectivity index (χ2n) is 11.6. The molecule has 210 valence electrons. The van der Waals surface area contributed by atoms with Crippen LogP contribution in [0.3, 0.4) is 0 Å². The molecule has 0 amide bonds. The van der Waals surface area contributed by atoms with E-state index in [1.165, 1.54) is 41.9 Å². The third-order valence-electron chi connectivity index (χ3n) is 9.05. The fourth-order valence-electron chi connectivity index (χ4n) is 6.68. The summed E-state index contributed by atoms with van der Waals surface area (Å²) in [4.78, 5) is 17.6. The van der Waals surface area contributed by atoms with E-state index < -0.39 is 0 Å². The van der Waals surface area contributed by atoms with Gasteiger partial charge in [0.05, 0.1) is 24.5 Å². The van der Waals surface area contributed by atoms with Gasteiger partial charge in [-0.15, -0.1) is 0 Å². The molecule has 2 atom stereocenters. The average Bonchev–Trinajstić information content (AvgIpc) is 3.42. The molecule has 0 bridgehead atoms. The van der Waals surface area contributed by atoms with Crippen molar-refractivity contribution in [2.75, 3.05) is 39.2 Å². The Bertz CT molecular complexity index is 1420. The molecule has 0 radical (unpaired) electrons. The summed E-state index contributed by atoms with van der Waals surface area (Å²) in [6, 6.07) is 20.5. The van der Waals surface area contributed by atoms with Crippen LogP contribution in [0, 0.1) is 0 Å². The van der Waals surface area contributed by atoms with Gasteiger partial charge in [0, 0.05) is 44.1 Å². The van der Waals surface area contributed by atoms with E-state index in [0.717, 1.165) is 49.6 Å². The summed E-state index contributed by atoms with van der Waals surface area (Å²) in [7, 11) is 6.11. The van der Waals surface area contributed by atoms with Crippen LogP contribution in [-0.2, 0) is 13.0 Å². The van der Waals surface area contributed by atoms with E-state index >= 15 is 0 Å². The average molecular weight is 539 g/mol. The first kappa shape index (κ1) is 26.8. The molecule has 6 rings (SSSR count). The highest BCUT2D eigenvalue weighted by atomic mass is 16.5. The first-order chi connectivity index (χ1) is 19.5. The molecule has 1 aliphatic carbocycles. The quantitative estimate of drug-likeness (QED) is 0.278. The summed E-state index contributed by atoms with van der Waals surface area (Å²) >= 11 is 0. The molecule has 0 N–H and O–H groups in total. The summed E-state index contributed by atoms with van der Waals surface area (Å²) in [6.45, 7) is 5.22. The van der Waals surface area contributed by atoms with Crippen LogP contribution in [0.15, 0.2) is 67.0 Å². The van der Waals surface area contributed by atoms with Crippen molar-refractivity contribution in [2.45, 2.75) is 63.7 Å². The molecule has 2 aliphatic rings. The maximum atomic E-state index is 5.44. The second-order valence-corrected chi connectivity index (χ2v) is 11.6. The molecule has 1 aromatic carbocycles. The number of piperidine rings is 1. The smallest absolute Gasteiger partial charge is 0.138 e. The third-order valence-corrected chi connectivity index (χ3v) is 9.05. The highest BCUT2D eigenvalue weighted by Crippen LogP contribution is 2.39. The number of methoxy groups -OCH3 is 1. The monoisotopic (exact) mass is 538 g/mol. The molecule has 1 saturated heterocycles. The minimum absolute atomic E-state index is 0.193. The van der Waals surface area contributed by atoms with E-state index in [0.29, 0.717) is 6.04 Å². The van der Waals surface area contributed by atoms with Gasteiger partial charge in [-0.2, -0.15) is 0 Å². The van der Waals surface area contributed by atoms with E-state index in [4.69, 9.17) is 14.7 Å². The van der Waals surface area contributed by atoms with E-state index in [2.05, 4.69) is 101 Å². The normalized spacial score (nSPS) is 18.9. The lowest BCUT2D eigenvalue weighted by molar-refractivity contribution is 0.115. The lowest BCUT2D eigenvalue weighted by Gasteiger charge is -2.39. The molecule has 4 heterocycles. The lowest BCUT2D eigenvalue weighted by Crippen LogP contribution is -2.42. The number of fused-ring (bicyclic) bond motifs is 2. The molecule has 40 heavy (non-hydrogen) atoms. The maximum absolute atomic E-state index is 5.44. The van der Waals surface area contributed by atoms with Gasteiger partial charge in [0.2, 0.25) is 0 Å². The summed E-state index contributed by atoms with van der Waals surface area (Å²) in [5.41, 5.74) is 5.99. The standard InChI is InChI=1S/C33H42N6O/c1-24(25-13-15-29(40-4)16-14-25)38(30-10-5-8-26-9-7-19-34-33(26)30)22-27-23-39-31(35-27)11-6-12-32(39)37-20-17-28(18-21-37)36(2)3/h6-7,9,11-16,19,23-24,28,30H,5,8,10,17-18,20-22H2,1-4H3/t24-,30-/m0/s1. The number of anilines is 1.